The molecule has 0 saturated carbocycles. The van der Waals surface area contributed by atoms with Crippen LogP contribution in [0.15, 0.2) is 11.4 Å². The van der Waals surface area contributed by atoms with Gasteiger partial charge >= 0.3 is 0 Å². The van der Waals surface area contributed by atoms with Crippen molar-refractivity contribution in [2.24, 2.45) is 11.8 Å². The van der Waals surface area contributed by atoms with Gasteiger partial charge in [-0.25, -0.2) is 0 Å². The third-order valence-corrected chi connectivity index (χ3v) is 3.70. The van der Waals surface area contributed by atoms with Crippen molar-refractivity contribution < 1.29 is 0 Å². The zero-order chi connectivity index (χ0) is 7.84. The Bertz CT molecular complexity index is 227. The van der Waals surface area contributed by atoms with Gasteiger partial charge in [-0.05, 0) is 41.7 Å². The second kappa shape index (κ2) is 2.63. The van der Waals surface area contributed by atoms with E-state index in [9.17, 15) is 0 Å². The summed E-state index contributed by atoms with van der Waals surface area (Å²) in [7, 11) is 0. The van der Waals surface area contributed by atoms with Crippen molar-refractivity contribution in [3.63, 3.8) is 0 Å². The van der Waals surface area contributed by atoms with Crippen LogP contribution in [0.4, 0.5) is 0 Å². The van der Waals surface area contributed by atoms with E-state index in [1.54, 1.807) is 10.4 Å². The first-order valence-electron chi connectivity index (χ1n) is 4.32. The predicted octanol–water partition coefficient (Wildman–Crippen LogP) is 3.12. The number of hydrogen-bond acceptors (Lipinski definition) is 1. The van der Waals surface area contributed by atoms with E-state index in [1.807, 2.05) is 11.3 Å². The van der Waals surface area contributed by atoms with Gasteiger partial charge in [-0.15, -0.1) is 11.3 Å². The lowest BCUT2D eigenvalue weighted by Gasteiger charge is -2.12. The zero-order valence-corrected chi connectivity index (χ0v) is 7.95. The van der Waals surface area contributed by atoms with Gasteiger partial charge in [-0.3, -0.25) is 0 Å². The Labute approximate surface area is 72.3 Å². The molecule has 1 heterocycles. The summed E-state index contributed by atoms with van der Waals surface area (Å²) in [5, 5.41) is 2.22. The van der Waals surface area contributed by atoms with Crippen molar-refractivity contribution in [3.05, 3.63) is 21.9 Å². The van der Waals surface area contributed by atoms with E-state index in [1.165, 1.54) is 12.8 Å². The molecule has 0 aliphatic heterocycles. The number of rotatable bonds is 1. The molecule has 2 rings (SSSR count). The van der Waals surface area contributed by atoms with Crippen LogP contribution in [0.25, 0.3) is 0 Å². The molecule has 1 atom stereocenters. The molecule has 0 aromatic carbocycles. The van der Waals surface area contributed by atoms with Crippen LogP contribution in [0.3, 0.4) is 0 Å². The predicted molar refractivity (Wildman–Crippen MR) is 50.1 cm³/mol. The van der Waals surface area contributed by atoms with E-state index in [0.29, 0.717) is 0 Å². The van der Waals surface area contributed by atoms with Crippen LogP contribution < -0.4 is 0 Å². The summed E-state index contributed by atoms with van der Waals surface area (Å²) in [4.78, 5) is 1.64. The summed E-state index contributed by atoms with van der Waals surface area (Å²) in [5.74, 6) is 1.78. The summed E-state index contributed by atoms with van der Waals surface area (Å²) in [6, 6.07) is 2.29. The van der Waals surface area contributed by atoms with Gasteiger partial charge in [-0.2, -0.15) is 0 Å². The Morgan fingerprint density at radius 1 is 1.45 bits per heavy atom. The molecule has 1 aliphatic carbocycles. The van der Waals surface area contributed by atoms with Gasteiger partial charge in [0.2, 0.25) is 0 Å². The van der Waals surface area contributed by atoms with Crippen LogP contribution in [0, 0.1) is 11.8 Å². The van der Waals surface area contributed by atoms with Crippen LogP contribution in [0.2, 0.25) is 0 Å². The van der Waals surface area contributed by atoms with E-state index >= 15 is 0 Å². The molecule has 0 amide bonds. The Hall–Kier alpha value is -0.300. The van der Waals surface area contributed by atoms with Crippen LogP contribution >= 0.6 is 11.3 Å². The molecular formula is C10H14S. The largest absolute Gasteiger partial charge is 0.149 e. The third kappa shape index (κ3) is 1.22. The lowest BCUT2D eigenvalue weighted by atomic mass is 9.94. The minimum absolute atomic E-state index is 0.856. The second-order valence-electron chi connectivity index (χ2n) is 3.78. The summed E-state index contributed by atoms with van der Waals surface area (Å²) < 4.78 is 0. The van der Waals surface area contributed by atoms with Gasteiger partial charge in [-0.1, -0.05) is 13.8 Å². The van der Waals surface area contributed by atoms with Crippen LogP contribution in [-0.2, 0) is 12.8 Å². The Morgan fingerprint density at radius 2 is 2.27 bits per heavy atom. The number of fused-ring (bicyclic) bond motifs is 1. The molecule has 0 bridgehead atoms. The molecule has 0 N–H and O–H groups in total. The van der Waals surface area contributed by atoms with Crippen LogP contribution in [-0.4, -0.2) is 0 Å². The van der Waals surface area contributed by atoms with E-state index in [4.69, 9.17) is 0 Å². The van der Waals surface area contributed by atoms with Gasteiger partial charge < -0.3 is 0 Å². The van der Waals surface area contributed by atoms with Gasteiger partial charge in [0.05, 0.1) is 0 Å². The summed E-state index contributed by atoms with van der Waals surface area (Å²) >= 11 is 1.93. The normalized spacial score (nSPS) is 22.6. The van der Waals surface area contributed by atoms with Crippen molar-refractivity contribution in [1.29, 1.82) is 0 Å². The summed E-state index contributed by atoms with van der Waals surface area (Å²) in [5.41, 5.74) is 1.62. The smallest absolute Gasteiger partial charge is 0.00802 e. The first-order chi connectivity index (χ1) is 5.27. The highest BCUT2D eigenvalue weighted by atomic mass is 32.1. The highest BCUT2D eigenvalue weighted by molar-refractivity contribution is 7.10. The van der Waals surface area contributed by atoms with E-state index < -0.39 is 0 Å². The van der Waals surface area contributed by atoms with Crippen LogP contribution in [0.1, 0.15) is 24.3 Å². The lowest BCUT2D eigenvalue weighted by Crippen LogP contribution is -2.07. The molecule has 0 spiro atoms. The maximum atomic E-state index is 2.33. The topological polar surface area (TPSA) is 0 Å². The third-order valence-electron chi connectivity index (χ3n) is 2.71. The number of hydrogen-bond donors (Lipinski definition) is 0. The highest BCUT2D eigenvalue weighted by Gasteiger charge is 2.24. The van der Waals surface area contributed by atoms with Crippen molar-refractivity contribution in [2.75, 3.05) is 0 Å². The van der Waals surface area contributed by atoms with Crippen molar-refractivity contribution in [1.82, 2.24) is 0 Å². The standard InChI is InChI=1S/C10H14S/c1-7(2)9-5-8-3-4-11-10(8)6-9/h3-4,7,9H,5-6H2,1-2H3. The fourth-order valence-electron chi connectivity index (χ4n) is 1.79. The van der Waals surface area contributed by atoms with Crippen molar-refractivity contribution in [3.8, 4) is 0 Å². The lowest BCUT2D eigenvalue weighted by molar-refractivity contribution is 0.405. The molecule has 0 saturated heterocycles. The number of thiophene rings is 1. The first kappa shape index (κ1) is 7.35. The van der Waals surface area contributed by atoms with Gasteiger partial charge in [0.15, 0.2) is 0 Å². The van der Waals surface area contributed by atoms with E-state index in [0.717, 1.165) is 11.8 Å². The summed E-state index contributed by atoms with van der Waals surface area (Å²) in [6.07, 6.45) is 2.67. The molecule has 1 aromatic rings. The van der Waals surface area contributed by atoms with Crippen molar-refractivity contribution >= 4 is 11.3 Å². The fourth-order valence-corrected chi connectivity index (χ4v) is 2.80. The molecule has 0 radical (unpaired) electrons. The maximum Gasteiger partial charge on any atom is 0.00802 e. The average molecular weight is 166 g/mol. The van der Waals surface area contributed by atoms with Gasteiger partial charge in [0.25, 0.3) is 0 Å². The quantitative estimate of drug-likeness (QED) is 0.601. The highest BCUT2D eigenvalue weighted by Crippen LogP contribution is 2.34. The molecule has 1 aliphatic rings. The molecule has 1 aromatic heterocycles. The van der Waals surface area contributed by atoms with Gasteiger partial charge in [0.1, 0.15) is 0 Å². The molecule has 1 heteroatoms. The molecule has 60 valence electrons. The van der Waals surface area contributed by atoms with E-state index in [-0.39, 0.29) is 0 Å². The minimum atomic E-state index is 0.856. The monoisotopic (exact) mass is 166 g/mol. The average Bonchev–Trinajstić information content (AvgIpc) is 2.40. The first-order valence-corrected chi connectivity index (χ1v) is 5.20. The maximum absolute atomic E-state index is 2.33. The molecule has 11 heavy (non-hydrogen) atoms. The SMILES string of the molecule is CC(C)C1Cc2ccsc2C1. The Kier molecular flexibility index (Phi) is 1.76. The minimum Gasteiger partial charge on any atom is -0.149 e. The molecular weight excluding hydrogens is 152 g/mol. The van der Waals surface area contributed by atoms with Crippen molar-refractivity contribution in [2.45, 2.75) is 26.7 Å². The Morgan fingerprint density at radius 3 is 2.91 bits per heavy atom. The second-order valence-corrected chi connectivity index (χ2v) is 4.78. The summed E-state index contributed by atoms with van der Waals surface area (Å²) in [6.45, 7) is 4.67. The van der Waals surface area contributed by atoms with E-state index in [2.05, 4.69) is 25.3 Å². The molecule has 1 unspecified atom stereocenters. The molecule has 0 fully saturated rings. The molecule has 0 nitrogen and oxygen atoms in total. The zero-order valence-electron chi connectivity index (χ0n) is 7.13. The van der Waals surface area contributed by atoms with Crippen LogP contribution in [0.5, 0.6) is 0 Å². The Balaban J connectivity index is 2.16. The van der Waals surface area contributed by atoms with Gasteiger partial charge in [0, 0.05) is 4.88 Å². The fraction of sp³-hybridized carbons (Fsp3) is 0.600.